The molecule has 2 fully saturated rings. The van der Waals surface area contributed by atoms with Gasteiger partial charge in [-0.25, -0.2) is 0 Å². The fourth-order valence-electron chi connectivity index (χ4n) is 2.63. The quantitative estimate of drug-likeness (QED) is 0.693. The van der Waals surface area contributed by atoms with Crippen LogP contribution in [0.1, 0.15) is 19.3 Å². The van der Waals surface area contributed by atoms with E-state index in [0.29, 0.717) is 0 Å². The maximum Gasteiger partial charge on any atom is 0.416 e. The van der Waals surface area contributed by atoms with Crippen LogP contribution in [0.3, 0.4) is 0 Å². The zero-order valence-corrected chi connectivity index (χ0v) is 9.89. The molecule has 1 aliphatic heterocycles. The highest BCUT2D eigenvalue weighted by atomic mass is 19.4. The third kappa shape index (κ3) is 2.77. The van der Waals surface area contributed by atoms with Gasteiger partial charge < -0.3 is 15.7 Å². The van der Waals surface area contributed by atoms with E-state index in [2.05, 4.69) is 10.6 Å². The number of piperidine rings is 1. The average molecular weight is 266 g/mol. The van der Waals surface area contributed by atoms with Crippen LogP contribution in [-0.2, 0) is 4.79 Å². The maximum absolute atomic E-state index is 12.1. The van der Waals surface area contributed by atoms with Crippen LogP contribution in [0.4, 0.5) is 13.2 Å². The van der Waals surface area contributed by atoms with Gasteiger partial charge >= 0.3 is 6.18 Å². The van der Waals surface area contributed by atoms with Crippen LogP contribution in [0.2, 0.25) is 0 Å². The molecule has 2 rings (SSSR count). The van der Waals surface area contributed by atoms with Gasteiger partial charge in [0.05, 0.1) is 6.54 Å². The summed E-state index contributed by atoms with van der Waals surface area (Å²) in [5, 5.41) is 14.2. The topological polar surface area (TPSA) is 61.4 Å². The predicted molar refractivity (Wildman–Crippen MR) is 57.7 cm³/mol. The first-order chi connectivity index (χ1) is 8.35. The molecule has 4 nitrogen and oxygen atoms in total. The van der Waals surface area contributed by atoms with Crippen LogP contribution in [0.15, 0.2) is 0 Å². The highest BCUT2D eigenvalue weighted by molar-refractivity contribution is 5.82. The number of halogens is 3. The van der Waals surface area contributed by atoms with Crippen molar-refractivity contribution in [1.29, 1.82) is 0 Å². The second-order valence-corrected chi connectivity index (χ2v) is 5.17. The summed E-state index contributed by atoms with van der Waals surface area (Å²) in [4.78, 5) is 11.7. The van der Waals surface area contributed by atoms with Crippen molar-refractivity contribution in [3.63, 3.8) is 0 Å². The van der Waals surface area contributed by atoms with E-state index in [1.54, 1.807) is 0 Å². The van der Waals surface area contributed by atoms with Crippen molar-refractivity contribution in [1.82, 2.24) is 10.6 Å². The summed E-state index contributed by atoms with van der Waals surface area (Å²) in [6, 6.07) is 0. The molecule has 1 spiro atoms. The van der Waals surface area contributed by atoms with E-state index in [0.717, 1.165) is 32.4 Å². The van der Waals surface area contributed by atoms with Crippen LogP contribution in [0.5, 0.6) is 0 Å². The molecule has 2 aliphatic rings. The SMILES string of the molecule is O=C(NCC(O)C(F)(F)F)C1CC12CCNCC2. The molecule has 3 N–H and O–H groups in total. The second kappa shape index (κ2) is 4.70. The molecule has 2 atom stereocenters. The van der Waals surface area contributed by atoms with E-state index in [-0.39, 0.29) is 17.2 Å². The van der Waals surface area contributed by atoms with E-state index >= 15 is 0 Å². The molecule has 7 heteroatoms. The Balaban J connectivity index is 1.77. The largest absolute Gasteiger partial charge is 0.416 e. The predicted octanol–water partition coefficient (Wildman–Crippen LogP) is 0.415. The Labute approximate surface area is 103 Å². The molecule has 1 amide bonds. The van der Waals surface area contributed by atoms with E-state index in [9.17, 15) is 18.0 Å². The molecule has 1 saturated heterocycles. The smallest absolute Gasteiger partial charge is 0.382 e. The van der Waals surface area contributed by atoms with Crippen molar-refractivity contribution in [2.75, 3.05) is 19.6 Å². The Kier molecular flexibility index (Phi) is 3.55. The fourth-order valence-corrected chi connectivity index (χ4v) is 2.63. The Bertz CT molecular complexity index is 327. The molecule has 0 aromatic heterocycles. The first-order valence-corrected chi connectivity index (χ1v) is 6.08. The summed E-state index contributed by atoms with van der Waals surface area (Å²) < 4.78 is 36.2. The van der Waals surface area contributed by atoms with Gasteiger partial charge in [0.25, 0.3) is 0 Å². The molecule has 0 bridgehead atoms. The normalized spacial score (nSPS) is 27.9. The van der Waals surface area contributed by atoms with Gasteiger partial charge in [-0.2, -0.15) is 13.2 Å². The van der Waals surface area contributed by atoms with Crippen molar-refractivity contribution in [3.8, 4) is 0 Å². The number of carbonyl (C=O) groups is 1. The summed E-state index contributed by atoms with van der Waals surface area (Å²) in [7, 11) is 0. The Morgan fingerprint density at radius 2 is 2.06 bits per heavy atom. The third-order valence-corrected chi connectivity index (χ3v) is 3.95. The van der Waals surface area contributed by atoms with Crippen LogP contribution in [0.25, 0.3) is 0 Å². The summed E-state index contributed by atoms with van der Waals surface area (Å²) in [6.45, 7) is 0.955. The molecule has 1 heterocycles. The van der Waals surface area contributed by atoms with Gasteiger partial charge in [-0.05, 0) is 37.8 Å². The molecule has 1 saturated carbocycles. The summed E-state index contributed by atoms with van der Waals surface area (Å²) in [6.07, 6.45) is -4.62. The van der Waals surface area contributed by atoms with Gasteiger partial charge in [0.1, 0.15) is 0 Å². The summed E-state index contributed by atoms with van der Waals surface area (Å²) in [5.74, 6) is -0.541. The number of hydrogen-bond acceptors (Lipinski definition) is 3. The lowest BCUT2D eigenvalue weighted by atomic mass is 9.92. The number of amides is 1. The van der Waals surface area contributed by atoms with Gasteiger partial charge in [-0.3, -0.25) is 4.79 Å². The lowest BCUT2D eigenvalue weighted by Gasteiger charge is -2.23. The minimum absolute atomic E-state index is 0.00147. The fraction of sp³-hybridized carbons (Fsp3) is 0.909. The number of alkyl halides is 3. The number of hydrogen-bond donors (Lipinski definition) is 3. The minimum atomic E-state index is -4.68. The number of rotatable bonds is 3. The van der Waals surface area contributed by atoms with E-state index < -0.39 is 18.8 Å². The van der Waals surface area contributed by atoms with Gasteiger partial charge in [0.15, 0.2) is 6.10 Å². The van der Waals surface area contributed by atoms with E-state index in [1.165, 1.54) is 0 Å². The summed E-state index contributed by atoms with van der Waals surface area (Å²) in [5.41, 5.74) is -0.00147. The van der Waals surface area contributed by atoms with Crippen molar-refractivity contribution < 1.29 is 23.1 Å². The van der Waals surface area contributed by atoms with Crippen LogP contribution in [-0.4, -0.2) is 42.9 Å². The molecule has 0 radical (unpaired) electrons. The molecular formula is C11H17F3N2O2. The molecule has 18 heavy (non-hydrogen) atoms. The Hall–Kier alpha value is -0.820. The highest BCUT2D eigenvalue weighted by Crippen LogP contribution is 2.58. The van der Waals surface area contributed by atoms with Crippen molar-refractivity contribution in [2.24, 2.45) is 11.3 Å². The third-order valence-electron chi connectivity index (χ3n) is 3.95. The number of aliphatic hydroxyl groups is 1. The zero-order chi connectivity index (χ0) is 13.4. The molecule has 2 unspecified atom stereocenters. The lowest BCUT2D eigenvalue weighted by Crippen LogP contribution is -2.42. The minimum Gasteiger partial charge on any atom is -0.382 e. The Morgan fingerprint density at radius 1 is 1.44 bits per heavy atom. The van der Waals surface area contributed by atoms with Gasteiger partial charge in [0, 0.05) is 5.92 Å². The number of nitrogens with one attached hydrogen (secondary N) is 2. The molecule has 1 aliphatic carbocycles. The van der Waals surface area contributed by atoms with Crippen LogP contribution < -0.4 is 10.6 Å². The van der Waals surface area contributed by atoms with Crippen molar-refractivity contribution in [3.05, 3.63) is 0 Å². The van der Waals surface area contributed by atoms with Gasteiger partial charge in [0.2, 0.25) is 5.91 Å². The first kappa shape index (κ1) is 13.6. The highest BCUT2D eigenvalue weighted by Gasteiger charge is 2.57. The lowest BCUT2D eigenvalue weighted by molar-refractivity contribution is -0.201. The van der Waals surface area contributed by atoms with Crippen LogP contribution >= 0.6 is 0 Å². The van der Waals surface area contributed by atoms with Crippen molar-refractivity contribution >= 4 is 5.91 Å². The molecule has 0 aromatic carbocycles. The Morgan fingerprint density at radius 3 is 2.61 bits per heavy atom. The van der Waals surface area contributed by atoms with Gasteiger partial charge in [-0.1, -0.05) is 0 Å². The zero-order valence-electron chi connectivity index (χ0n) is 9.89. The van der Waals surface area contributed by atoms with Crippen molar-refractivity contribution in [2.45, 2.75) is 31.5 Å². The standard InChI is InChI=1S/C11H17F3N2O2/c12-11(13,14)8(17)6-16-9(18)7-5-10(7)1-3-15-4-2-10/h7-8,15,17H,1-6H2,(H,16,18). The van der Waals surface area contributed by atoms with Crippen LogP contribution in [0, 0.1) is 11.3 Å². The molecular weight excluding hydrogens is 249 g/mol. The van der Waals surface area contributed by atoms with E-state index in [1.807, 2.05) is 0 Å². The maximum atomic E-state index is 12.1. The summed E-state index contributed by atoms with van der Waals surface area (Å²) >= 11 is 0. The molecule has 0 aromatic rings. The monoisotopic (exact) mass is 266 g/mol. The first-order valence-electron chi connectivity index (χ1n) is 6.08. The number of carbonyl (C=O) groups excluding carboxylic acids is 1. The van der Waals surface area contributed by atoms with E-state index in [4.69, 9.17) is 5.11 Å². The number of aliphatic hydroxyl groups excluding tert-OH is 1. The second-order valence-electron chi connectivity index (χ2n) is 5.17. The average Bonchev–Trinajstić information content (AvgIpc) is 2.99. The molecule has 104 valence electrons. The van der Waals surface area contributed by atoms with Gasteiger partial charge in [-0.15, -0.1) is 0 Å².